The Morgan fingerprint density at radius 1 is 1.30 bits per heavy atom. The third-order valence-corrected chi connectivity index (χ3v) is 3.56. The predicted octanol–water partition coefficient (Wildman–Crippen LogP) is 3.78. The molecule has 20 heavy (non-hydrogen) atoms. The van der Waals surface area contributed by atoms with Crippen LogP contribution in [0.15, 0.2) is 47.1 Å². The lowest BCUT2D eigenvalue weighted by Gasteiger charge is -2.00. The van der Waals surface area contributed by atoms with E-state index in [1.807, 2.05) is 30.3 Å². The summed E-state index contributed by atoms with van der Waals surface area (Å²) >= 11 is 3.45. The second kappa shape index (κ2) is 5.09. The van der Waals surface area contributed by atoms with E-state index in [4.69, 9.17) is 4.74 Å². The van der Waals surface area contributed by atoms with E-state index < -0.39 is 5.97 Å². The van der Waals surface area contributed by atoms with Crippen molar-refractivity contribution in [2.45, 2.75) is 0 Å². The molecule has 3 rings (SSSR count). The zero-order valence-corrected chi connectivity index (χ0v) is 12.3. The fraction of sp³-hybridized carbons (Fsp3) is 0.0667. The summed E-state index contributed by atoms with van der Waals surface area (Å²) in [5, 5.41) is 0.759. The highest BCUT2D eigenvalue weighted by molar-refractivity contribution is 9.10. The quantitative estimate of drug-likeness (QED) is 0.727. The minimum Gasteiger partial charge on any atom is -0.464 e. The number of benzene rings is 1. The van der Waals surface area contributed by atoms with E-state index in [0.717, 1.165) is 26.6 Å². The Morgan fingerprint density at radius 3 is 2.90 bits per heavy atom. The number of esters is 1. The van der Waals surface area contributed by atoms with Crippen molar-refractivity contribution in [3.8, 4) is 11.3 Å². The number of nitrogens with one attached hydrogen (secondary N) is 1. The number of carbonyl (C=O) groups excluding carboxylic acids is 1. The molecule has 0 aliphatic carbocycles. The van der Waals surface area contributed by atoms with Crippen molar-refractivity contribution in [2.24, 2.45) is 0 Å². The lowest BCUT2D eigenvalue weighted by Crippen LogP contribution is -2.01. The average Bonchev–Trinajstić information content (AvgIpc) is 2.86. The van der Waals surface area contributed by atoms with Gasteiger partial charge in [0.2, 0.25) is 0 Å². The molecule has 0 saturated heterocycles. The molecule has 3 aromatic rings. The number of pyridine rings is 1. The molecular formula is C15H11BrN2O2. The zero-order chi connectivity index (χ0) is 14.1. The summed E-state index contributed by atoms with van der Waals surface area (Å²) < 4.78 is 5.78. The van der Waals surface area contributed by atoms with Gasteiger partial charge in [0.25, 0.3) is 0 Å². The number of halogens is 1. The maximum Gasteiger partial charge on any atom is 0.355 e. The van der Waals surface area contributed by atoms with Gasteiger partial charge in [-0.2, -0.15) is 0 Å². The Labute approximate surface area is 123 Å². The number of methoxy groups -OCH3 is 1. The standard InChI is InChI=1S/C15H11BrN2O2/c1-20-15(19)14-11-6-3-7-17-13(11)12(18-14)9-4-2-5-10(16)8-9/h2-8,18H,1H3. The number of aromatic nitrogens is 2. The van der Waals surface area contributed by atoms with Crippen LogP contribution in [0.25, 0.3) is 22.2 Å². The number of hydrogen-bond acceptors (Lipinski definition) is 3. The highest BCUT2D eigenvalue weighted by Gasteiger charge is 2.18. The normalized spacial score (nSPS) is 10.7. The van der Waals surface area contributed by atoms with E-state index in [1.165, 1.54) is 7.11 Å². The second-order valence-corrected chi connectivity index (χ2v) is 5.19. The molecule has 1 aromatic carbocycles. The minimum absolute atomic E-state index is 0.399. The van der Waals surface area contributed by atoms with E-state index in [9.17, 15) is 4.79 Å². The topological polar surface area (TPSA) is 55.0 Å². The zero-order valence-electron chi connectivity index (χ0n) is 10.7. The maximum atomic E-state index is 11.8. The van der Waals surface area contributed by atoms with Crippen molar-refractivity contribution in [1.82, 2.24) is 9.97 Å². The van der Waals surface area contributed by atoms with Crippen LogP contribution in [-0.2, 0) is 4.74 Å². The summed E-state index contributed by atoms with van der Waals surface area (Å²) in [6.45, 7) is 0. The van der Waals surface area contributed by atoms with Crippen molar-refractivity contribution in [3.05, 3.63) is 52.8 Å². The summed E-state index contributed by atoms with van der Waals surface area (Å²) in [4.78, 5) is 19.3. The van der Waals surface area contributed by atoms with Crippen LogP contribution in [0.2, 0.25) is 0 Å². The number of rotatable bonds is 2. The number of ether oxygens (including phenoxy) is 1. The van der Waals surface area contributed by atoms with Gasteiger partial charge in [-0.3, -0.25) is 4.98 Å². The summed E-state index contributed by atoms with van der Waals surface area (Å²) in [6, 6.07) is 11.5. The van der Waals surface area contributed by atoms with Crippen LogP contribution in [0.5, 0.6) is 0 Å². The molecule has 100 valence electrons. The van der Waals surface area contributed by atoms with Gasteiger partial charge in [-0.15, -0.1) is 0 Å². The SMILES string of the molecule is COC(=O)c1[nH]c(-c2cccc(Br)c2)c2ncccc12. The highest BCUT2D eigenvalue weighted by atomic mass is 79.9. The van der Waals surface area contributed by atoms with Gasteiger partial charge in [0.15, 0.2) is 0 Å². The maximum absolute atomic E-state index is 11.8. The lowest BCUT2D eigenvalue weighted by atomic mass is 10.1. The first-order valence-electron chi connectivity index (χ1n) is 6.01. The van der Waals surface area contributed by atoms with Gasteiger partial charge in [0, 0.05) is 21.6 Å². The van der Waals surface area contributed by atoms with Crippen LogP contribution in [0.1, 0.15) is 10.5 Å². The summed E-state index contributed by atoms with van der Waals surface area (Å²) in [5.41, 5.74) is 2.94. The fourth-order valence-corrected chi connectivity index (χ4v) is 2.57. The number of carbonyl (C=O) groups is 1. The van der Waals surface area contributed by atoms with E-state index in [0.29, 0.717) is 5.69 Å². The average molecular weight is 331 g/mol. The molecule has 0 amide bonds. The van der Waals surface area contributed by atoms with Gasteiger partial charge < -0.3 is 9.72 Å². The lowest BCUT2D eigenvalue weighted by molar-refractivity contribution is 0.0597. The molecule has 0 fully saturated rings. The number of aromatic amines is 1. The van der Waals surface area contributed by atoms with Gasteiger partial charge in [0.1, 0.15) is 5.69 Å². The van der Waals surface area contributed by atoms with Crippen LogP contribution in [-0.4, -0.2) is 23.0 Å². The first-order chi connectivity index (χ1) is 9.70. The highest BCUT2D eigenvalue weighted by Crippen LogP contribution is 2.30. The molecule has 0 spiro atoms. The number of nitrogens with zero attached hydrogens (tertiary/aromatic N) is 1. The summed E-state index contributed by atoms with van der Waals surface area (Å²) in [5.74, 6) is -0.399. The molecule has 0 saturated carbocycles. The Hall–Kier alpha value is -2.14. The first-order valence-corrected chi connectivity index (χ1v) is 6.81. The molecule has 2 aromatic heterocycles. The van der Waals surface area contributed by atoms with Crippen molar-refractivity contribution in [2.75, 3.05) is 7.11 Å². The predicted molar refractivity (Wildman–Crippen MR) is 80.6 cm³/mol. The molecule has 0 radical (unpaired) electrons. The third-order valence-electron chi connectivity index (χ3n) is 3.07. The molecule has 4 nitrogen and oxygen atoms in total. The van der Waals surface area contributed by atoms with Crippen LogP contribution in [0, 0.1) is 0 Å². The van der Waals surface area contributed by atoms with Crippen molar-refractivity contribution in [1.29, 1.82) is 0 Å². The van der Waals surface area contributed by atoms with Gasteiger partial charge in [-0.25, -0.2) is 4.79 Å². The smallest absolute Gasteiger partial charge is 0.355 e. The summed E-state index contributed by atoms with van der Waals surface area (Å²) in [7, 11) is 1.37. The number of hydrogen-bond donors (Lipinski definition) is 1. The van der Waals surface area contributed by atoms with Crippen molar-refractivity contribution in [3.63, 3.8) is 0 Å². The Bertz CT molecular complexity index is 795. The molecule has 2 heterocycles. The molecule has 0 unspecified atom stereocenters. The Balaban J connectivity index is 2.29. The van der Waals surface area contributed by atoms with E-state index >= 15 is 0 Å². The van der Waals surface area contributed by atoms with Gasteiger partial charge >= 0.3 is 5.97 Å². The summed E-state index contributed by atoms with van der Waals surface area (Å²) in [6.07, 6.45) is 1.71. The van der Waals surface area contributed by atoms with Gasteiger partial charge in [-0.1, -0.05) is 28.1 Å². The van der Waals surface area contributed by atoms with Crippen LogP contribution < -0.4 is 0 Å². The van der Waals surface area contributed by atoms with Crippen molar-refractivity contribution < 1.29 is 9.53 Å². The molecule has 1 N–H and O–H groups in total. The van der Waals surface area contributed by atoms with Crippen LogP contribution in [0.4, 0.5) is 0 Å². The monoisotopic (exact) mass is 330 g/mol. The van der Waals surface area contributed by atoms with Gasteiger partial charge in [-0.05, 0) is 24.3 Å². The molecule has 5 heteroatoms. The first kappa shape index (κ1) is 12.9. The Morgan fingerprint density at radius 2 is 2.15 bits per heavy atom. The van der Waals surface area contributed by atoms with E-state index in [-0.39, 0.29) is 0 Å². The second-order valence-electron chi connectivity index (χ2n) is 4.28. The number of H-pyrrole nitrogens is 1. The van der Waals surface area contributed by atoms with Crippen LogP contribution in [0.3, 0.4) is 0 Å². The third kappa shape index (κ3) is 2.10. The van der Waals surface area contributed by atoms with Crippen LogP contribution >= 0.6 is 15.9 Å². The molecule has 0 aliphatic rings. The largest absolute Gasteiger partial charge is 0.464 e. The number of fused-ring (bicyclic) bond motifs is 1. The fourth-order valence-electron chi connectivity index (χ4n) is 2.17. The van der Waals surface area contributed by atoms with Gasteiger partial charge in [0.05, 0.1) is 18.3 Å². The molecular weight excluding hydrogens is 320 g/mol. The molecule has 0 aliphatic heterocycles. The van der Waals surface area contributed by atoms with E-state index in [1.54, 1.807) is 12.3 Å². The molecule has 0 bridgehead atoms. The minimum atomic E-state index is -0.399. The molecule has 0 atom stereocenters. The van der Waals surface area contributed by atoms with Crippen molar-refractivity contribution >= 4 is 32.8 Å². The Kier molecular flexibility index (Phi) is 3.28. The van der Waals surface area contributed by atoms with E-state index in [2.05, 4.69) is 25.9 Å².